The molecule has 1 aliphatic rings. The summed E-state index contributed by atoms with van der Waals surface area (Å²) in [5.41, 5.74) is 6.71. The van der Waals surface area contributed by atoms with Crippen LogP contribution in [0.15, 0.2) is 66.9 Å². The number of benzene rings is 2. The molecule has 0 aliphatic carbocycles. The first-order chi connectivity index (χ1) is 15.1. The van der Waals surface area contributed by atoms with Gasteiger partial charge < -0.3 is 20.3 Å². The molecule has 1 aromatic heterocycles. The van der Waals surface area contributed by atoms with Crippen molar-refractivity contribution < 1.29 is 13.9 Å². The number of pyridine rings is 1. The van der Waals surface area contributed by atoms with Crippen LogP contribution in [0.5, 0.6) is 11.5 Å². The summed E-state index contributed by atoms with van der Waals surface area (Å²) in [7, 11) is 0. The fourth-order valence-electron chi connectivity index (χ4n) is 3.61. The number of piperazine rings is 1. The standard InChI is InChI=1S/C24H25FN4O2.2ClH/c25-22-9-8-20(31-19-6-4-18(5-7-19)10-11-26)17-21(22)24(30)29-15-13-28(14-16-29)23-3-1-2-12-27-23;;/h1-9,12,17H,10-11,13-16,26H2;2*1H. The molecule has 0 spiro atoms. The SMILES string of the molecule is Cl.Cl.NCCc1ccc(Oc2ccc(F)c(C(=O)N3CCN(c4ccccn4)CC3)c2)cc1. The van der Waals surface area contributed by atoms with Crippen LogP contribution in [-0.4, -0.2) is 48.5 Å². The highest BCUT2D eigenvalue weighted by Gasteiger charge is 2.25. The van der Waals surface area contributed by atoms with Crippen LogP contribution in [0.2, 0.25) is 0 Å². The van der Waals surface area contributed by atoms with Gasteiger partial charge in [0.05, 0.1) is 5.56 Å². The van der Waals surface area contributed by atoms with Gasteiger partial charge in [-0.15, -0.1) is 24.8 Å². The summed E-state index contributed by atoms with van der Waals surface area (Å²) in [6.07, 6.45) is 2.54. The van der Waals surface area contributed by atoms with Crippen molar-refractivity contribution in [3.8, 4) is 11.5 Å². The van der Waals surface area contributed by atoms with Crippen LogP contribution in [0.4, 0.5) is 10.2 Å². The van der Waals surface area contributed by atoms with Gasteiger partial charge in [-0.1, -0.05) is 18.2 Å². The summed E-state index contributed by atoms with van der Waals surface area (Å²) in [4.78, 5) is 21.1. The number of nitrogens with two attached hydrogens (primary N) is 1. The number of hydrogen-bond donors (Lipinski definition) is 1. The lowest BCUT2D eigenvalue weighted by Gasteiger charge is -2.35. The van der Waals surface area contributed by atoms with E-state index in [1.165, 1.54) is 18.2 Å². The van der Waals surface area contributed by atoms with Gasteiger partial charge in [-0.2, -0.15) is 0 Å². The average molecular weight is 493 g/mol. The molecular formula is C24H27Cl2FN4O2. The maximum Gasteiger partial charge on any atom is 0.257 e. The lowest BCUT2D eigenvalue weighted by atomic mass is 10.1. The number of aromatic nitrogens is 1. The molecule has 1 amide bonds. The van der Waals surface area contributed by atoms with E-state index in [-0.39, 0.29) is 36.3 Å². The maximum atomic E-state index is 14.5. The predicted molar refractivity (Wildman–Crippen MR) is 133 cm³/mol. The molecule has 33 heavy (non-hydrogen) atoms. The second-order valence-electron chi connectivity index (χ2n) is 7.39. The number of hydrogen-bond acceptors (Lipinski definition) is 5. The number of ether oxygens (including phenoxy) is 1. The molecule has 1 fully saturated rings. The predicted octanol–water partition coefficient (Wildman–Crippen LogP) is 4.32. The van der Waals surface area contributed by atoms with Gasteiger partial charge in [-0.3, -0.25) is 4.79 Å². The largest absolute Gasteiger partial charge is 0.457 e. The molecule has 0 radical (unpaired) electrons. The fourth-order valence-corrected chi connectivity index (χ4v) is 3.61. The van der Waals surface area contributed by atoms with Crippen LogP contribution in [0.3, 0.4) is 0 Å². The molecule has 0 atom stereocenters. The Hall–Kier alpha value is -2.87. The van der Waals surface area contributed by atoms with Gasteiger partial charge in [-0.05, 0) is 61.0 Å². The minimum absolute atomic E-state index is 0. The zero-order valence-corrected chi connectivity index (χ0v) is 19.7. The lowest BCUT2D eigenvalue weighted by molar-refractivity contribution is 0.0741. The maximum absolute atomic E-state index is 14.5. The molecule has 176 valence electrons. The highest BCUT2D eigenvalue weighted by Crippen LogP contribution is 2.25. The zero-order chi connectivity index (χ0) is 21.6. The first-order valence-electron chi connectivity index (χ1n) is 10.4. The Labute approximate surface area is 205 Å². The molecule has 0 unspecified atom stereocenters. The number of amides is 1. The molecule has 0 bridgehead atoms. The molecule has 2 aromatic carbocycles. The smallest absolute Gasteiger partial charge is 0.257 e. The minimum atomic E-state index is -0.553. The van der Waals surface area contributed by atoms with Crippen molar-refractivity contribution in [1.82, 2.24) is 9.88 Å². The normalized spacial score (nSPS) is 13.0. The molecule has 1 aliphatic heterocycles. The van der Waals surface area contributed by atoms with Crippen LogP contribution in [-0.2, 0) is 6.42 Å². The molecule has 2 N–H and O–H groups in total. The van der Waals surface area contributed by atoms with Crippen molar-refractivity contribution in [3.63, 3.8) is 0 Å². The van der Waals surface area contributed by atoms with Crippen molar-refractivity contribution in [2.24, 2.45) is 5.73 Å². The third-order valence-corrected chi connectivity index (χ3v) is 5.30. The van der Waals surface area contributed by atoms with Gasteiger partial charge in [0.15, 0.2) is 0 Å². The van der Waals surface area contributed by atoms with E-state index in [1.807, 2.05) is 42.5 Å². The Morgan fingerprint density at radius 1 is 0.970 bits per heavy atom. The van der Waals surface area contributed by atoms with Gasteiger partial charge in [-0.25, -0.2) is 9.37 Å². The molecule has 0 saturated carbocycles. The van der Waals surface area contributed by atoms with Gasteiger partial charge in [0, 0.05) is 32.4 Å². The number of carbonyl (C=O) groups is 1. The summed E-state index contributed by atoms with van der Waals surface area (Å²) in [5.74, 6) is 1.04. The van der Waals surface area contributed by atoms with Gasteiger partial charge >= 0.3 is 0 Å². The van der Waals surface area contributed by atoms with E-state index in [4.69, 9.17) is 10.5 Å². The summed E-state index contributed by atoms with van der Waals surface area (Å²) < 4.78 is 20.3. The van der Waals surface area contributed by atoms with Crippen LogP contribution in [0.25, 0.3) is 0 Å². The molecule has 6 nitrogen and oxygen atoms in total. The topological polar surface area (TPSA) is 71.7 Å². The molecule has 9 heteroatoms. The molecular weight excluding hydrogens is 466 g/mol. The molecule has 3 aromatic rings. The third kappa shape index (κ3) is 6.57. The zero-order valence-electron chi connectivity index (χ0n) is 18.0. The number of anilines is 1. The van der Waals surface area contributed by atoms with E-state index in [0.29, 0.717) is 44.2 Å². The van der Waals surface area contributed by atoms with Crippen molar-refractivity contribution in [2.75, 3.05) is 37.6 Å². The monoisotopic (exact) mass is 492 g/mol. The third-order valence-electron chi connectivity index (χ3n) is 5.30. The average Bonchev–Trinajstić information content (AvgIpc) is 2.82. The summed E-state index contributed by atoms with van der Waals surface area (Å²) >= 11 is 0. The molecule has 1 saturated heterocycles. The highest BCUT2D eigenvalue weighted by molar-refractivity contribution is 5.95. The molecule has 2 heterocycles. The quantitative estimate of drug-likeness (QED) is 0.554. The van der Waals surface area contributed by atoms with E-state index in [2.05, 4.69) is 9.88 Å². The Morgan fingerprint density at radius 3 is 2.30 bits per heavy atom. The van der Waals surface area contributed by atoms with Crippen LogP contribution in [0.1, 0.15) is 15.9 Å². The van der Waals surface area contributed by atoms with Crippen LogP contribution >= 0.6 is 24.8 Å². The van der Waals surface area contributed by atoms with E-state index in [9.17, 15) is 9.18 Å². The summed E-state index contributed by atoms with van der Waals surface area (Å²) in [5, 5.41) is 0. The number of halogens is 3. The second kappa shape index (κ2) is 12.4. The fraction of sp³-hybridized carbons (Fsp3) is 0.250. The van der Waals surface area contributed by atoms with Crippen molar-refractivity contribution >= 4 is 36.5 Å². The first-order valence-corrected chi connectivity index (χ1v) is 10.4. The van der Waals surface area contributed by atoms with Crippen molar-refractivity contribution in [2.45, 2.75) is 6.42 Å². The molecule has 4 rings (SSSR count). The number of carbonyl (C=O) groups excluding carboxylic acids is 1. The van der Waals surface area contributed by atoms with Crippen LogP contribution in [0, 0.1) is 5.82 Å². The van der Waals surface area contributed by atoms with Gasteiger partial charge in [0.1, 0.15) is 23.1 Å². The lowest BCUT2D eigenvalue weighted by Crippen LogP contribution is -2.49. The van der Waals surface area contributed by atoms with Crippen LogP contribution < -0.4 is 15.4 Å². The Morgan fingerprint density at radius 2 is 1.67 bits per heavy atom. The van der Waals surface area contributed by atoms with E-state index >= 15 is 0 Å². The van der Waals surface area contributed by atoms with Gasteiger partial charge in [0.25, 0.3) is 5.91 Å². The Balaban J connectivity index is 0.00000193. The van der Waals surface area contributed by atoms with Crippen molar-refractivity contribution in [3.05, 3.63) is 83.8 Å². The minimum Gasteiger partial charge on any atom is -0.457 e. The second-order valence-corrected chi connectivity index (χ2v) is 7.39. The number of rotatable bonds is 6. The van der Waals surface area contributed by atoms with E-state index in [0.717, 1.165) is 17.8 Å². The summed E-state index contributed by atoms with van der Waals surface area (Å²) in [6, 6.07) is 17.6. The number of nitrogens with zero attached hydrogens (tertiary/aromatic N) is 3. The Bertz CT molecular complexity index is 1030. The van der Waals surface area contributed by atoms with Crippen molar-refractivity contribution in [1.29, 1.82) is 0 Å². The van der Waals surface area contributed by atoms with E-state index < -0.39 is 5.82 Å². The van der Waals surface area contributed by atoms with Gasteiger partial charge in [0.2, 0.25) is 0 Å². The summed E-state index contributed by atoms with van der Waals surface area (Å²) in [6.45, 7) is 2.89. The highest BCUT2D eigenvalue weighted by atomic mass is 35.5. The Kier molecular flexibility index (Phi) is 9.91. The first kappa shape index (κ1) is 26.4. The van der Waals surface area contributed by atoms with E-state index in [1.54, 1.807) is 11.1 Å².